The van der Waals surface area contributed by atoms with Crippen molar-refractivity contribution in [3.8, 4) is 5.88 Å². The first-order chi connectivity index (χ1) is 11.6. The van der Waals surface area contributed by atoms with Crippen LogP contribution in [0.5, 0.6) is 5.88 Å². The van der Waals surface area contributed by atoms with Gasteiger partial charge in [0.15, 0.2) is 0 Å². The second kappa shape index (κ2) is 7.31. The van der Waals surface area contributed by atoms with Gasteiger partial charge in [-0.2, -0.15) is 0 Å². The van der Waals surface area contributed by atoms with Crippen molar-refractivity contribution in [3.05, 3.63) is 12.4 Å². The van der Waals surface area contributed by atoms with Crippen molar-refractivity contribution in [1.82, 2.24) is 15.3 Å². The number of nitrogens with zero attached hydrogens (tertiary/aromatic N) is 3. The standard InChI is InChI=1S/C16H24N4O4/c1-22-8-14(21)17-6-12-3-4-16(24-7-12)9-20(10-16)13-5-15(23-2)19-11-18-13/h5,11-12H,3-4,6-10H2,1-2H3,(H,17,21). The molecule has 0 saturated carbocycles. The van der Waals surface area contributed by atoms with Crippen molar-refractivity contribution in [2.24, 2.45) is 5.92 Å². The topological polar surface area (TPSA) is 85.8 Å². The van der Waals surface area contributed by atoms with E-state index in [4.69, 9.17) is 14.2 Å². The molecule has 1 unspecified atom stereocenters. The zero-order valence-corrected chi connectivity index (χ0v) is 14.2. The van der Waals surface area contributed by atoms with Crippen LogP contribution in [-0.4, -0.2) is 68.5 Å². The minimum Gasteiger partial charge on any atom is -0.481 e. The highest BCUT2D eigenvalue weighted by atomic mass is 16.5. The predicted molar refractivity (Wildman–Crippen MR) is 87.1 cm³/mol. The van der Waals surface area contributed by atoms with Crippen LogP contribution in [0.3, 0.4) is 0 Å². The number of ether oxygens (including phenoxy) is 3. The van der Waals surface area contributed by atoms with Gasteiger partial charge in [-0.1, -0.05) is 0 Å². The van der Waals surface area contributed by atoms with E-state index >= 15 is 0 Å². The zero-order chi connectivity index (χ0) is 17.0. The number of rotatable bonds is 6. The summed E-state index contributed by atoms with van der Waals surface area (Å²) in [6.45, 7) is 3.08. The van der Waals surface area contributed by atoms with Crippen molar-refractivity contribution in [1.29, 1.82) is 0 Å². The monoisotopic (exact) mass is 336 g/mol. The number of methoxy groups -OCH3 is 2. The van der Waals surface area contributed by atoms with Crippen molar-refractivity contribution in [2.45, 2.75) is 18.4 Å². The highest BCUT2D eigenvalue weighted by Crippen LogP contribution is 2.38. The van der Waals surface area contributed by atoms with Gasteiger partial charge in [0.05, 0.1) is 26.8 Å². The summed E-state index contributed by atoms with van der Waals surface area (Å²) >= 11 is 0. The SMILES string of the molecule is COCC(=O)NCC1CCC2(CN(c3cc(OC)ncn3)C2)OC1. The van der Waals surface area contributed by atoms with Crippen LogP contribution in [-0.2, 0) is 14.3 Å². The van der Waals surface area contributed by atoms with Gasteiger partial charge in [-0.05, 0) is 18.8 Å². The fourth-order valence-electron chi connectivity index (χ4n) is 3.19. The summed E-state index contributed by atoms with van der Waals surface area (Å²) in [5, 5.41) is 2.88. The Morgan fingerprint density at radius 3 is 2.96 bits per heavy atom. The molecular formula is C16H24N4O4. The lowest BCUT2D eigenvalue weighted by atomic mass is 9.83. The Morgan fingerprint density at radius 2 is 2.29 bits per heavy atom. The number of nitrogens with one attached hydrogen (secondary N) is 1. The normalized spacial score (nSPS) is 22.1. The molecule has 1 atom stereocenters. The molecule has 2 aliphatic rings. The van der Waals surface area contributed by atoms with Crippen LogP contribution < -0.4 is 15.0 Å². The molecule has 0 aromatic carbocycles. The summed E-state index contributed by atoms with van der Waals surface area (Å²) in [5.41, 5.74) is -0.0782. The molecule has 3 rings (SSSR count). The molecule has 8 heteroatoms. The average Bonchev–Trinajstić information content (AvgIpc) is 2.59. The number of carbonyl (C=O) groups is 1. The Balaban J connectivity index is 1.44. The van der Waals surface area contributed by atoms with Gasteiger partial charge in [-0.25, -0.2) is 9.97 Å². The maximum Gasteiger partial charge on any atom is 0.245 e. The van der Waals surface area contributed by atoms with E-state index in [2.05, 4.69) is 20.2 Å². The van der Waals surface area contributed by atoms with E-state index in [1.54, 1.807) is 7.11 Å². The van der Waals surface area contributed by atoms with E-state index in [-0.39, 0.29) is 18.1 Å². The quantitative estimate of drug-likeness (QED) is 0.796. The maximum absolute atomic E-state index is 11.4. The number of anilines is 1. The third kappa shape index (κ3) is 3.76. The molecular weight excluding hydrogens is 312 g/mol. The Morgan fingerprint density at radius 1 is 1.46 bits per heavy atom. The first-order valence-electron chi connectivity index (χ1n) is 8.15. The van der Waals surface area contributed by atoms with Crippen LogP contribution in [0.2, 0.25) is 0 Å². The van der Waals surface area contributed by atoms with E-state index < -0.39 is 0 Å². The van der Waals surface area contributed by atoms with Crippen LogP contribution in [0.25, 0.3) is 0 Å². The fourth-order valence-corrected chi connectivity index (χ4v) is 3.19. The lowest BCUT2D eigenvalue weighted by Crippen LogP contribution is -2.65. The Hall–Kier alpha value is -1.93. The molecule has 1 spiro atoms. The van der Waals surface area contributed by atoms with Gasteiger partial charge in [0, 0.05) is 19.7 Å². The van der Waals surface area contributed by atoms with Gasteiger partial charge in [0.25, 0.3) is 0 Å². The molecule has 24 heavy (non-hydrogen) atoms. The molecule has 1 aromatic rings. The fraction of sp³-hybridized carbons (Fsp3) is 0.688. The second-order valence-corrected chi connectivity index (χ2v) is 6.41. The average molecular weight is 336 g/mol. The molecule has 1 amide bonds. The highest BCUT2D eigenvalue weighted by Gasteiger charge is 2.47. The van der Waals surface area contributed by atoms with Gasteiger partial charge in [-0.15, -0.1) is 0 Å². The first kappa shape index (κ1) is 16.9. The molecule has 8 nitrogen and oxygen atoms in total. The summed E-state index contributed by atoms with van der Waals surface area (Å²) in [7, 11) is 3.11. The maximum atomic E-state index is 11.4. The minimum absolute atomic E-state index is 0.0782. The zero-order valence-electron chi connectivity index (χ0n) is 14.2. The van der Waals surface area contributed by atoms with Crippen LogP contribution in [0, 0.1) is 5.92 Å². The molecule has 0 aliphatic carbocycles. The first-order valence-corrected chi connectivity index (χ1v) is 8.15. The number of hydrogen-bond donors (Lipinski definition) is 1. The Kier molecular flexibility index (Phi) is 5.15. The Labute approximate surface area is 141 Å². The molecule has 2 aliphatic heterocycles. The smallest absolute Gasteiger partial charge is 0.245 e. The largest absolute Gasteiger partial charge is 0.481 e. The van der Waals surface area contributed by atoms with Crippen molar-refractivity contribution < 1.29 is 19.0 Å². The van der Waals surface area contributed by atoms with E-state index in [9.17, 15) is 4.79 Å². The second-order valence-electron chi connectivity index (χ2n) is 6.41. The molecule has 1 N–H and O–H groups in total. The summed E-state index contributed by atoms with van der Waals surface area (Å²) < 4.78 is 16.1. The van der Waals surface area contributed by atoms with E-state index in [1.807, 2.05) is 6.07 Å². The highest BCUT2D eigenvalue weighted by molar-refractivity contribution is 5.77. The molecule has 0 bridgehead atoms. The molecule has 3 heterocycles. The lowest BCUT2D eigenvalue weighted by Gasteiger charge is -2.53. The van der Waals surface area contributed by atoms with Gasteiger partial charge in [0.2, 0.25) is 11.8 Å². The summed E-state index contributed by atoms with van der Waals surface area (Å²) in [6.07, 6.45) is 3.56. The third-order valence-electron chi connectivity index (χ3n) is 4.62. The van der Waals surface area contributed by atoms with Gasteiger partial charge < -0.3 is 24.4 Å². The third-order valence-corrected chi connectivity index (χ3v) is 4.62. The van der Waals surface area contributed by atoms with E-state index in [0.29, 0.717) is 24.9 Å². The van der Waals surface area contributed by atoms with Gasteiger partial charge in [-0.3, -0.25) is 4.79 Å². The van der Waals surface area contributed by atoms with Crippen LogP contribution in [0.4, 0.5) is 5.82 Å². The number of aromatic nitrogens is 2. The number of amides is 1. The molecule has 132 valence electrons. The lowest BCUT2D eigenvalue weighted by molar-refractivity contribution is -0.127. The summed E-state index contributed by atoms with van der Waals surface area (Å²) in [4.78, 5) is 21.9. The summed E-state index contributed by atoms with van der Waals surface area (Å²) in [6, 6.07) is 1.84. The van der Waals surface area contributed by atoms with E-state index in [1.165, 1.54) is 13.4 Å². The molecule has 2 saturated heterocycles. The van der Waals surface area contributed by atoms with E-state index in [0.717, 1.165) is 31.7 Å². The minimum atomic E-state index is -0.0784. The van der Waals surface area contributed by atoms with Crippen LogP contribution >= 0.6 is 0 Å². The molecule has 2 fully saturated rings. The summed E-state index contributed by atoms with van der Waals surface area (Å²) in [5.74, 6) is 1.72. The number of hydrogen-bond acceptors (Lipinski definition) is 7. The predicted octanol–water partition coefficient (Wildman–Crippen LogP) is 0.233. The van der Waals surface area contributed by atoms with Crippen molar-refractivity contribution in [2.75, 3.05) is 52.0 Å². The van der Waals surface area contributed by atoms with Gasteiger partial charge in [0.1, 0.15) is 24.4 Å². The Bertz CT molecular complexity index is 567. The van der Waals surface area contributed by atoms with Crippen LogP contribution in [0.15, 0.2) is 12.4 Å². The molecule has 0 radical (unpaired) electrons. The number of carbonyl (C=O) groups excluding carboxylic acids is 1. The molecule has 1 aromatic heterocycles. The van der Waals surface area contributed by atoms with Gasteiger partial charge >= 0.3 is 0 Å². The van der Waals surface area contributed by atoms with Crippen LogP contribution in [0.1, 0.15) is 12.8 Å². The van der Waals surface area contributed by atoms with Crippen molar-refractivity contribution >= 4 is 11.7 Å². The van der Waals surface area contributed by atoms with Crippen molar-refractivity contribution in [3.63, 3.8) is 0 Å².